The van der Waals surface area contributed by atoms with Crippen LogP contribution in [0.5, 0.6) is 5.75 Å². The van der Waals surface area contributed by atoms with Crippen molar-refractivity contribution in [3.63, 3.8) is 0 Å². The van der Waals surface area contributed by atoms with Crippen LogP contribution in [0.3, 0.4) is 0 Å². The maximum atomic E-state index is 14.0. The van der Waals surface area contributed by atoms with Gasteiger partial charge >= 0.3 is 0 Å². The van der Waals surface area contributed by atoms with Gasteiger partial charge < -0.3 is 4.74 Å². The van der Waals surface area contributed by atoms with Gasteiger partial charge in [0.2, 0.25) is 0 Å². The summed E-state index contributed by atoms with van der Waals surface area (Å²) < 4.78 is 33.8. The predicted octanol–water partition coefficient (Wildman–Crippen LogP) is 7.21. The minimum atomic E-state index is -0.768. The molecule has 0 aliphatic rings. The van der Waals surface area contributed by atoms with Crippen molar-refractivity contribution in [1.29, 1.82) is 0 Å². The SMILES string of the molecule is CCCCOc1ccc(-c2ccc(-c3cc(F)c(N=C=S)c(F)c3)cc2)cc1. The van der Waals surface area contributed by atoms with Crippen LogP contribution in [-0.4, -0.2) is 11.8 Å². The lowest BCUT2D eigenvalue weighted by Gasteiger charge is -2.08. The molecule has 0 heterocycles. The standard InChI is InChI=1S/C23H19F2NOS/c1-2-3-12-27-20-10-8-17(9-11-20)16-4-6-18(7-5-16)19-13-21(24)23(26-15-28)22(25)14-19/h4-11,13-14H,2-3,12H2,1H3. The third kappa shape index (κ3) is 4.69. The molecule has 0 saturated carbocycles. The number of hydrogen-bond acceptors (Lipinski definition) is 3. The first-order chi connectivity index (χ1) is 13.6. The van der Waals surface area contributed by atoms with Gasteiger partial charge in [-0.1, -0.05) is 49.7 Å². The second-order valence-corrected chi connectivity index (χ2v) is 6.48. The first kappa shape index (κ1) is 19.9. The van der Waals surface area contributed by atoms with Crippen molar-refractivity contribution in [2.24, 2.45) is 4.99 Å². The van der Waals surface area contributed by atoms with Gasteiger partial charge in [-0.15, -0.1) is 0 Å². The number of aliphatic imine (C=N–C) groups is 1. The fourth-order valence-corrected chi connectivity index (χ4v) is 2.91. The van der Waals surface area contributed by atoms with Crippen LogP contribution in [0.15, 0.2) is 65.7 Å². The third-order valence-corrected chi connectivity index (χ3v) is 4.44. The summed E-state index contributed by atoms with van der Waals surface area (Å²) >= 11 is 4.42. The van der Waals surface area contributed by atoms with E-state index in [1.165, 1.54) is 12.1 Å². The van der Waals surface area contributed by atoms with E-state index in [1.54, 1.807) is 0 Å². The average Bonchev–Trinajstić information content (AvgIpc) is 2.71. The van der Waals surface area contributed by atoms with Crippen LogP contribution in [-0.2, 0) is 0 Å². The van der Waals surface area contributed by atoms with Gasteiger partial charge in [0.25, 0.3) is 0 Å². The van der Waals surface area contributed by atoms with Gasteiger partial charge in [0.15, 0.2) is 11.6 Å². The van der Waals surface area contributed by atoms with E-state index in [0.29, 0.717) is 17.7 Å². The summed E-state index contributed by atoms with van der Waals surface area (Å²) in [6.45, 7) is 2.84. The van der Waals surface area contributed by atoms with E-state index < -0.39 is 17.3 Å². The van der Waals surface area contributed by atoms with E-state index in [0.717, 1.165) is 29.7 Å². The molecule has 0 spiro atoms. The average molecular weight is 395 g/mol. The number of halogens is 2. The smallest absolute Gasteiger partial charge is 0.153 e. The monoisotopic (exact) mass is 395 g/mol. The topological polar surface area (TPSA) is 21.6 Å². The van der Waals surface area contributed by atoms with Crippen molar-refractivity contribution in [3.05, 3.63) is 72.3 Å². The van der Waals surface area contributed by atoms with Crippen molar-refractivity contribution in [3.8, 4) is 28.0 Å². The Morgan fingerprint density at radius 1 is 0.857 bits per heavy atom. The summed E-state index contributed by atoms with van der Waals surface area (Å²) in [6.07, 6.45) is 2.13. The Labute approximate surface area is 168 Å². The number of rotatable bonds is 7. The molecule has 3 aromatic rings. The normalized spacial score (nSPS) is 10.4. The first-order valence-electron chi connectivity index (χ1n) is 9.03. The highest BCUT2D eigenvalue weighted by atomic mass is 32.1. The van der Waals surface area contributed by atoms with E-state index in [1.807, 2.05) is 53.7 Å². The number of isothiocyanates is 1. The van der Waals surface area contributed by atoms with E-state index in [-0.39, 0.29) is 0 Å². The molecule has 0 unspecified atom stereocenters. The number of nitrogens with zero attached hydrogens (tertiary/aromatic N) is 1. The summed E-state index contributed by atoms with van der Waals surface area (Å²) in [7, 11) is 0. The van der Waals surface area contributed by atoms with Crippen molar-refractivity contribution >= 4 is 23.1 Å². The maximum Gasteiger partial charge on any atom is 0.153 e. The molecular weight excluding hydrogens is 376 g/mol. The number of benzene rings is 3. The summed E-state index contributed by atoms with van der Waals surface area (Å²) in [5.41, 5.74) is 2.77. The lowest BCUT2D eigenvalue weighted by atomic mass is 10.00. The molecule has 0 saturated heterocycles. The van der Waals surface area contributed by atoms with Crippen LogP contribution in [0.2, 0.25) is 0 Å². The highest BCUT2D eigenvalue weighted by molar-refractivity contribution is 7.78. The van der Waals surface area contributed by atoms with Crippen LogP contribution < -0.4 is 4.74 Å². The molecule has 0 aliphatic heterocycles. The minimum absolute atomic E-state index is 0.420. The molecule has 3 aromatic carbocycles. The van der Waals surface area contributed by atoms with Crippen LogP contribution >= 0.6 is 12.2 Å². The van der Waals surface area contributed by atoms with Crippen molar-refractivity contribution in [1.82, 2.24) is 0 Å². The van der Waals surface area contributed by atoms with Gasteiger partial charge in [-0.05, 0) is 65.2 Å². The summed E-state index contributed by atoms with van der Waals surface area (Å²) in [5, 5.41) is 1.99. The molecule has 2 nitrogen and oxygen atoms in total. The van der Waals surface area contributed by atoms with Crippen LogP contribution in [0.4, 0.5) is 14.5 Å². The molecule has 3 rings (SSSR count). The number of ether oxygens (including phenoxy) is 1. The number of hydrogen-bond donors (Lipinski definition) is 0. The zero-order valence-corrected chi connectivity index (χ0v) is 16.2. The van der Waals surface area contributed by atoms with Gasteiger partial charge in [-0.2, -0.15) is 4.99 Å². The number of thiocarbonyl (C=S) groups is 1. The molecule has 0 amide bonds. The Balaban J connectivity index is 1.79. The van der Waals surface area contributed by atoms with E-state index in [4.69, 9.17) is 4.74 Å². The molecule has 142 valence electrons. The Kier molecular flexibility index (Phi) is 6.64. The molecule has 28 heavy (non-hydrogen) atoms. The zero-order chi connectivity index (χ0) is 19.9. The van der Waals surface area contributed by atoms with Gasteiger partial charge in [0, 0.05) is 0 Å². The molecule has 0 fully saturated rings. The summed E-state index contributed by atoms with van der Waals surface area (Å²) in [6, 6.07) is 17.9. The molecular formula is C23H19F2NOS. The fourth-order valence-electron chi connectivity index (χ4n) is 2.82. The molecule has 0 N–H and O–H groups in total. The molecule has 0 aliphatic carbocycles. The largest absolute Gasteiger partial charge is 0.494 e. The Hall–Kier alpha value is -2.88. The van der Waals surface area contributed by atoms with Crippen LogP contribution in [0.25, 0.3) is 22.3 Å². The first-order valence-corrected chi connectivity index (χ1v) is 9.43. The molecule has 0 atom stereocenters. The summed E-state index contributed by atoms with van der Waals surface area (Å²) in [4.78, 5) is 3.43. The molecule has 0 bridgehead atoms. The predicted molar refractivity (Wildman–Crippen MR) is 112 cm³/mol. The van der Waals surface area contributed by atoms with Gasteiger partial charge in [-0.25, -0.2) is 8.78 Å². The second-order valence-electron chi connectivity index (χ2n) is 6.30. The van der Waals surface area contributed by atoms with Crippen LogP contribution in [0, 0.1) is 11.6 Å². The van der Waals surface area contributed by atoms with E-state index >= 15 is 0 Å². The Bertz CT molecular complexity index is 971. The zero-order valence-electron chi connectivity index (χ0n) is 15.4. The van der Waals surface area contributed by atoms with Gasteiger partial charge in [0.1, 0.15) is 11.4 Å². The van der Waals surface area contributed by atoms with Gasteiger partial charge in [0.05, 0.1) is 11.8 Å². The molecule has 0 radical (unpaired) electrons. The maximum absolute atomic E-state index is 14.0. The second kappa shape index (κ2) is 9.36. The Morgan fingerprint density at radius 3 is 1.86 bits per heavy atom. The van der Waals surface area contributed by atoms with E-state index in [2.05, 4.69) is 24.1 Å². The van der Waals surface area contributed by atoms with E-state index in [9.17, 15) is 8.78 Å². The minimum Gasteiger partial charge on any atom is -0.494 e. The fraction of sp³-hybridized carbons (Fsp3) is 0.174. The van der Waals surface area contributed by atoms with Crippen LogP contribution in [0.1, 0.15) is 19.8 Å². The number of unbranched alkanes of at least 4 members (excludes halogenated alkanes) is 1. The lowest BCUT2D eigenvalue weighted by Crippen LogP contribution is -1.95. The highest BCUT2D eigenvalue weighted by Crippen LogP contribution is 2.31. The highest BCUT2D eigenvalue weighted by Gasteiger charge is 2.11. The Morgan fingerprint density at radius 2 is 1.36 bits per heavy atom. The molecule has 0 aromatic heterocycles. The van der Waals surface area contributed by atoms with Crippen molar-refractivity contribution < 1.29 is 13.5 Å². The third-order valence-electron chi connectivity index (χ3n) is 4.35. The quantitative estimate of drug-likeness (QED) is 0.239. The van der Waals surface area contributed by atoms with Gasteiger partial charge in [-0.3, -0.25) is 0 Å². The van der Waals surface area contributed by atoms with Crippen molar-refractivity contribution in [2.75, 3.05) is 6.61 Å². The molecule has 5 heteroatoms. The van der Waals surface area contributed by atoms with Crippen molar-refractivity contribution in [2.45, 2.75) is 19.8 Å². The lowest BCUT2D eigenvalue weighted by molar-refractivity contribution is 0.309. The summed E-state index contributed by atoms with van der Waals surface area (Å²) in [5.74, 6) is -0.691.